The summed E-state index contributed by atoms with van der Waals surface area (Å²) in [6, 6.07) is 7.12. The summed E-state index contributed by atoms with van der Waals surface area (Å²) in [6.45, 7) is 3.14. The number of aromatic carboxylic acids is 1. The molecule has 1 fully saturated rings. The number of imidazole rings is 1. The van der Waals surface area contributed by atoms with E-state index in [1.54, 1.807) is 30.5 Å². The predicted octanol–water partition coefficient (Wildman–Crippen LogP) is 2.49. The number of aromatic nitrogens is 2. The standard InChI is InChI=1S/C19H25N3O3/c23-14-17-4-1-2-10-21(17)11-3-12-22-13-9-20-18(22)15-5-7-16(8-6-15)19(24)25/h5-9,13,17,23H,1-4,10-12,14H2,(H,24,25). The lowest BCUT2D eigenvalue weighted by Gasteiger charge is -2.34. The molecule has 1 aliphatic heterocycles. The Morgan fingerprint density at radius 1 is 1.20 bits per heavy atom. The third-order valence-corrected chi connectivity index (χ3v) is 4.91. The first kappa shape index (κ1) is 17.6. The highest BCUT2D eigenvalue weighted by Crippen LogP contribution is 2.20. The second kappa shape index (κ2) is 8.27. The van der Waals surface area contributed by atoms with Crippen LogP contribution in [0.3, 0.4) is 0 Å². The summed E-state index contributed by atoms with van der Waals surface area (Å²) in [5.41, 5.74) is 1.20. The maximum atomic E-state index is 11.0. The molecule has 0 saturated carbocycles. The van der Waals surface area contributed by atoms with Gasteiger partial charge in [0.25, 0.3) is 0 Å². The van der Waals surface area contributed by atoms with Gasteiger partial charge in [0.15, 0.2) is 0 Å². The molecule has 2 N–H and O–H groups in total. The van der Waals surface area contributed by atoms with Gasteiger partial charge in [-0.2, -0.15) is 0 Å². The van der Waals surface area contributed by atoms with Gasteiger partial charge in [-0.15, -0.1) is 0 Å². The molecule has 0 amide bonds. The zero-order valence-corrected chi connectivity index (χ0v) is 14.3. The van der Waals surface area contributed by atoms with Gasteiger partial charge in [0.1, 0.15) is 5.82 Å². The van der Waals surface area contributed by atoms with Crippen molar-refractivity contribution in [3.8, 4) is 11.4 Å². The average molecular weight is 343 g/mol. The number of carbonyl (C=O) groups is 1. The van der Waals surface area contributed by atoms with Crippen molar-refractivity contribution in [2.24, 2.45) is 0 Å². The Hall–Kier alpha value is -2.18. The number of likely N-dealkylation sites (tertiary alicyclic amines) is 1. The Labute approximate surface area is 147 Å². The lowest BCUT2D eigenvalue weighted by atomic mass is 10.0. The van der Waals surface area contributed by atoms with Crippen molar-refractivity contribution in [2.45, 2.75) is 38.3 Å². The molecule has 134 valence electrons. The van der Waals surface area contributed by atoms with E-state index in [-0.39, 0.29) is 12.2 Å². The number of hydrogen-bond acceptors (Lipinski definition) is 4. The summed E-state index contributed by atoms with van der Waals surface area (Å²) in [5, 5.41) is 18.5. The molecule has 0 bridgehead atoms. The molecule has 1 aromatic carbocycles. The van der Waals surface area contributed by atoms with Gasteiger partial charge in [0.2, 0.25) is 0 Å². The largest absolute Gasteiger partial charge is 0.478 e. The maximum Gasteiger partial charge on any atom is 0.335 e. The van der Waals surface area contributed by atoms with Gasteiger partial charge in [0, 0.05) is 37.1 Å². The summed E-state index contributed by atoms with van der Waals surface area (Å²) < 4.78 is 2.10. The summed E-state index contributed by atoms with van der Waals surface area (Å²) >= 11 is 0. The molecule has 1 atom stereocenters. The average Bonchev–Trinajstić information content (AvgIpc) is 3.10. The molecule has 1 aliphatic rings. The van der Waals surface area contributed by atoms with Gasteiger partial charge in [-0.1, -0.05) is 18.6 Å². The van der Waals surface area contributed by atoms with Gasteiger partial charge in [-0.05, 0) is 37.9 Å². The quantitative estimate of drug-likeness (QED) is 0.807. The number of piperidine rings is 1. The first-order chi connectivity index (χ1) is 12.2. The van der Waals surface area contributed by atoms with Crippen molar-refractivity contribution in [3.63, 3.8) is 0 Å². The van der Waals surface area contributed by atoms with Crippen LogP contribution < -0.4 is 0 Å². The van der Waals surface area contributed by atoms with Crippen LogP contribution >= 0.6 is 0 Å². The van der Waals surface area contributed by atoms with Crippen molar-refractivity contribution in [1.29, 1.82) is 0 Å². The molecule has 2 aromatic rings. The van der Waals surface area contributed by atoms with E-state index in [0.717, 1.165) is 43.9 Å². The molecule has 6 nitrogen and oxygen atoms in total. The first-order valence-electron chi connectivity index (χ1n) is 8.89. The lowest BCUT2D eigenvalue weighted by molar-refractivity contribution is 0.0697. The molecule has 0 radical (unpaired) electrons. The Balaban J connectivity index is 1.61. The predicted molar refractivity (Wildman–Crippen MR) is 95.5 cm³/mol. The van der Waals surface area contributed by atoms with E-state index in [1.807, 2.05) is 6.20 Å². The molecule has 1 saturated heterocycles. The second-order valence-corrected chi connectivity index (χ2v) is 6.55. The van der Waals surface area contributed by atoms with Crippen LogP contribution in [0.15, 0.2) is 36.7 Å². The van der Waals surface area contributed by atoms with Crippen molar-refractivity contribution < 1.29 is 15.0 Å². The van der Waals surface area contributed by atoms with E-state index < -0.39 is 5.97 Å². The number of carboxylic acid groups (broad SMARTS) is 1. The third kappa shape index (κ3) is 4.27. The molecular formula is C19H25N3O3. The lowest BCUT2D eigenvalue weighted by Crippen LogP contribution is -2.42. The van der Waals surface area contributed by atoms with Crippen LogP contribution in [-0.4, -0.2) is 56.4 Å². The fourth-order valence-corrected chi connectivity index (χ4v) is 3.52. The summed E-state index contributed by atoms with van der Waals surface area (Å²) in [5.74, 6) is -0.0656. The number of benzene rings is 1. The number of rotatable bonds is 7. The number of aliphatic hydroxyl groups is 1. The monoisotopic (exact) mass is 343 g/mol. The van der Waals surface area contributed by atoms with E-state index >= 15 is 0 Å². The van der Waals surface area contributed by atoms with Crippen LogP contribution in [0, 0.1) is 0 Å². The number of hydrogen-bond donors (Lipinski definition) is 2. The van der Waals surface area contributed by atoms with Gasteiger partial charge >= 0.3 is 5.97 Å². The summed E-state index contributed by atoms with van der Waals surface area (Å²) in [7, 11) is 0. The van der Waals surface area contributed by atoms with Gasteiger partial charge in [-0.3, -0.25) is 4.90 Å². The van der Waals surface area contributed by atoms with Gasteiger partial charge in [-0.25, -0.2) is 9.78 Å². The normalized spacial score (nSPS) is 18.4. The Bertz CT molecular complexity index is 696. The fourth-order valence-electron chi connectivity index (χ4n) is 3.52. The van der Waals surface area contributed by atoms with Crippen LogP contribution in [-0.2, 0) is 6.54 Å². The van der Waals surface area contributed by atoms with E-state index in [1.165, 1.54) is 12.8 Å². The number of nitrogens with zero attached hydrogens (tertiary/aromatic N) is 3. The summed E-state index contributed by atoms with van der Waals surface area (Å²) in [4.78, 5) is 17.8. The van der Waals surface area contributed by atoms with E-state index in [4.69, 9.17) is 5.11 Å². The Morgan fingerprint density at radius 2 is 2.00 bits per heavy atom. The second-order valence-electron chi connectivity index (χ2n) is 6.55. The van der Waals surface area contributed by atoms with E-state index in [0.29, 0.717) is 6.04 Å². The molecule has 1 unspecified atom stereocenters. The highest BCUT2D eigenvalue weighted by molar-refractivity contribution is 5.88. The molecule has 0 spiro atoms. The zero-order chi connectivity index (χ0) is 17.6. The van der Waals surface area contributed by atoms with Crippen molar-refractivity contribution in [2.75, 3.05) is 19.7 Å². The minimum atomic E-state index is -0.921. The zero-order valence-electron chi connectivity index (χ0n) is 14.3. The highest BCUT2D eigenvalue weighted by atomic mass is 16.4. The van der Waals surface area contributed by atoms with Crippen LogP contribution in [0.1, 0.15) is 36.0 Å². The molecule has 3 rings (SSSR count). The molecule has 2 heterocycles. The topological polar surface area (TPSA) is 78.6 Å². The molecule has 0 aliphatic carbocycles. The number of aryl methyl sites for hydroxylation is 1. The molecular weight excluding hydrogens is 318 g/mol. The Morgan fingerprint density at radius 3 is 2.72 bits per heavy atom. The maximum absolute atomic E-state index is 11.0. The van der Waals surface area contributed by atoms with Crippen molar-refractivity contribution in [3.05, 3.63) is 42.2 Å². The number of aliphatic hydroxyl groups excluding tert-OH is 1. The molecule has 1 aromatic heterocycles. The van der Waals surface area contributed by atoms with Gasteiger partial charge in [0.05, 0.1) is 12.2 Å². The SMILES string of the molecule is O=C(O)c1ccc(-c2nccn2CCCN2CCCCC2CO)cc1. The Kier molecular flexibility index (Phi) is 5.83. The van der Waals surface area contributed by atoms with Crippen LogP contribution in [0.2, 0.25) is 0 Å². The van der Waals surface area contributed by atoms with E-state index in [9.17, 15) is 9.90 Å². The van der Waals surface area contributed by atoms with Crippen LogP contribution in [0.5, 0.6) is 0 Å². The van der Waals surface area contributed by atoms with Crippen molar-refractivity contribution >= 4 is 5.97 Å². The van der Waals surface area contributed by atoms with Crippen molar-refractivity contribution in [1.82, 2.24) is 14.5 Å². The highest BCUT2D eigenvalue weighted by Gasteiger charge is 2.20. The third-order valence-electron chi connectivity index (χ3n) is 4.91. The van der Waals surface area contributed by atoms with Crippen LogP contribution in [0.25, 0.3) is 11.4 Å². The minimum absolute atomic E-state index is 0.242. The summed E-state index contributed by atoms with van der Waals surface area (Å²) in [6.07, 6.45) is 8.23. The minimum Gasteiger partial charge on any atom is -0.478 e. The van der Waals surface area contributed by atoms with Crippen LogP contribution in [0.4, 0.5) is 0 Å². The first-order valence-corrected chi connectivity index (χ1v) is 8.89. The fraction of sp³-hybridized carbons (Fsp3) is 0.474. The smallest absolute Gasteiger partial charge is 0.335 e. The molecule has 6 heteroatoms. The van der Waals surface area contributed by atoms with Gasteiger partial charge < -0.3 is 14.8 Å². The molecule has 25 heavy (non-hydrogen) atoms. The van der Waals surface area contributed by atoms with E-state index in [2.05, 4.69) is 14.5 Å². The number of carboxylic acids is 1.